The molecule has 1 spiro atoms. The molecule has 8 rings (SSSR count). The summed E-state index contributed by atoms with van der Waals surface area (Å²) in [5.74, 6) is 1.75. The van der Waals surface area contributed by atoms with Gasteiger partial charge in [0.05, 0.1) is 38.3 Å². The molecule has 6 bridgehead atoms. The van der Waals surface area contributed by atoms with Gasteiger partial charge in [0.15, 0.2) is 11.5 Å². The molecular formula is C30H34N2O5. The van der Waals surface area contributed by atoms with Crippen LogP contribution in [-0.2, 0) is 10.2 Å². The number of methoxy groups -OCH3 is 3. The zero-order valence-corrected chi connectivity index (χ0v) is 22.1. The van der Waals surface area contributed by atoms with E-state index in [1.54, 1.807) is 33.5 Å². The Morgan fingerprint density at radius 1 is 1.05 bits per heavy atom. The standard InChI is InChI=1S/C30H34N2O5/c1-6-16-15-32-21-13-18(16)25-22(32)14-30(19-9-7-8-10-20(19)31(2)27(21)30)28(25)37-29(33)17-11-23(34-3)26(36-5)24(12-17)35-4/h6-12,18,21-22,25,27-28H,13-15H2,1-5H3/b16-6+/t18-,21?,22-,25-,27-,28+,30?/m0/s1. The average Bonchev–Trinajstić information content (AvgIpc) is 3.34. The Kier molecular flexibility index (Phi) is 4.91. The Bertz CT molecular complexity index is 1300. The third-order valence-corrected chi connectivity index (χ3v) is 10.1. The van der Waals surface area contributed by atoms with Crippen molar-refractivity contribution in [3.05, 3.63) is 59.2 Å². The monoisotopic (exact) mass is 502 g/mol. The molecule has 1 aliphatic carbocycles. The lowest BCUT2D eigenvalue weighted by Crippen LogP contribution is -2.68. The van der Waals surface area contributed by atoms with E-state index in [4.69, 9.17) is 18.9 Å². The second-order valence-corrected chi connectivity index (χ2v) is 11.1. The molecule has 2 aromatic carbocycles. The van der Waals surface area contributed by atoms with Crippen LogP contribution in [0.1, 0.15) is 35.7 Å². The summed E-state index contributed by atoms with van der Waals surface area (Å²) in [6.45, 7) is 3.19. The Labute approximate surface area is 217 Å². The van der Waals surface area contributed by atoms with E-state index in [1.807, 2.05) is 0 Å². The summed E-state index contributed by atoms with van der Waals surface area (Å²) in [6.07, 6.45) is 4.24. The minimum absolute atomic E-state index is 0.212. The molecule has 2 aromatic rings. The summed E-state index contributed by atoms with van der Waals surface area (Å²) < 4.78 is 23.2. The summed E-state index contributed by atoms with van der Waals surface area (Å²) in [5.41, 5.74) is 4.31. The van der Waals surface area contributed by atoms with Crippen LogP contribution in [-0.4, -0.2) is 70.0 Å². The number of benzene rings is 2. The van der Waals surface area contributed by atoms with E-state index in [9.17, 15) is 4.79 Å². The number of esters is 1. The number of carbonyl (C=O) groups is 1. The number of carbonyl (C=O) groups excluding carboxylic acids is 1. The van der Waals surface area contributed by atoms with Crippen LogP contribution in [0.25, 0.3) is 0 Å². The number of likely N-dealkylation sites (N-methyl/N-ethyl adjacent to an activating group) is 1. The zero-order chi connectivity index (χ0) is 25.6. The lowest BCUT2D eigenvalue weighted by molar-refractivity contribution is -0.0390. The van der Waals surface area contributed by atoms with Gasteiger partial charge in [-0.1, -0.05) is 29.8 Å². The van der Waals surface area contributed by atoms with Gasteiger partial charge < -0.3 is 23.8 Å². The highest BCUT2D eigenvalue weighted by molar-refractivity contribution is 5.91. The van der Waals surface area contributed by atoms with E-state index in [0.29, 0.717) is 40.8 Å². The molecule has 5 heterocycles. The third kappa shape index (κ3) is 2.73. The van der Waals surface area contributed by atoms with Crippen molar-refractivity contribution in [3.63, 3.8) is 0 Å². The highest BCUT2D eigenvalue weighted by Crippen LogP contribution is 2.68. The fourth-order valence-electron chi connectivity index (χ4n) is 8.89. The van der Waals surface area contributed by atoms with Crippen molar-refractivity contribution >= 4 is 11.7 Å². The molecule has 4 saturated heterocycles. The van der Waals surface area contributed by atoms with Crippen molar-refractivity contribution < 1.29 is 23.7 Å². The van der Waals surface area contributed by atoms with Gasteiger partial charge >= 0.3 is 5.97 Å². The largest absolute Gasteiger partial charge is 0.493 e. The molecule has 6 aliphatic rings. The van der Waals surface area contributed by atoms with E-state index < -0.39 is 0 Å². The van der Waals surface area contributed by atoms with E-state index in [0.717, 1.165) is 19.4 Å². The van der Waals surface area contributed by atoms with Crippen molar-refractivity contribution in [1.29, 1.82) is 0 Å². The quantitative estimate of drug-likeness (QED) is 0.452. The van der Waals surface area contributed by atoms with Crippen LogP contribution >= 0.6 is 0 Å². The van der Waals surface area contributed by atoms with Crippen molar-refractivity contribution in [3.8, 4) is 17.2 Å². The van der Waals surface area contributed by atoms with E-state index in [2.05, 4.69) is 54.1 Å². The van der Waals surface area contributed by atoms with Gasteiger partial charge in [0.25, 0.3) is 0 Å². The highest BCUT2D eigenvalue weighted by atomic mass is 16.5. The molecule has 0 N–H and O–H groups in total. The van der Waals surface area contributed by atoms with Crippen molar-refractivity contribution in [2.45, 2.75) is 49.4 Å². The zero-order valence-electron chi connectivity index (χ0n) is 22.1. The molecule has 0 radical (unpaired) electrons. The number of para-hydroxylation sites is 1. The third-order valence-electron chi connectivity index (χ3n) is 10.1. The second kappa shape index (κ2) is 7.90. The fraction of sp³-hybridized carbons (Fsp3) is 0.500. The number of hydrogen-bond acceptors (Lipinski definition) is 7. The summed E-state index contributed by atoms with van der Waals surface area (Å²) in [4.78, 5) is 19.1. The summed E-state index contributed by atoms with van der Waals surface area (Å²) in [6, 6.07) is 13.3. The molecule has 5 fully saturated rings. The number of hydrogen-bond donors (Lipinski definition) is 0. The van der Waals surface area contributed by atoms with Crippen LogP contribution in [0, 0.1) is 11.8 Å². The second-order valence-electron chi connectivity index (χ2n) is 11.1. The number of fused-ring (bicyclic) bond motifs is 2. The van der Waals surface area contributed by atoms with E-state index >= 15 is 0 Å². The summed E-state index contributed by atoms with van der Waals surface area (Å²) in [5, 5.41) is 0. The Hall–Kier alpha value is -3.19. The molecule has 37 heavy (non-hydrogen) atoms. The van der Waals surface area contributed by atoms with Crippen molar-refractivity contribution in [2.24, 2.45) is 11.8 Å². The van der Waals surface area contributed by atoms with Gasteiger partial charge in [0, 0.05) is 37.3 Å². The molecule has 0 amide bonds. The van der Waals surface area contributed by atoms with Crippen LogP contribution in [0.15, 0.2) is 48.0 Å². The van der Waals surface area contributed by atoms with Crippen molar-refractivity contribution in [1.82, 2.24) is 4.90 Å². The Balaban J connectivity index is 1.35. The number of rotatable bonds is 5. The lowest BCUT2D eigenvalue weighted by atomic mass is 9.65. The first-order chi connectivity index (χ1) is 18.0. The summed E-state index contributed by atoms with van der Waals surface area (Å²) >= 11 is 0. The topological polar surface area (TPSA) is 60.5 Å². The van der Waals surface area contributed by atoms with Gasteiger partial charge in [-0.15, -0.1) is 0 Å². The molecule has 8 atom stereocenters. The minimum Gasteiger partial charge on any atom is -0.493 e. The molecule has 7 heteroatoms. The van der Waals surface area contributed by atoms with E-state index in [-0.39, 0.29) is 29.4 Å². The fourth-order valence-corrected chi connectivity index (χ4v) is 8.89. The molecule has 7 nitrogen and oxygen atoms in total. The Morgan fingerprint density at radius 2 is 1.78 bits per heavy atom. The number of nitrogens with zero attached hydrogens (tertiary/aromatic N) is 2. The first-order valence-electron chi connectivity index (χ1n) is 13.2. The normalized spacial score (nSPS) is 36.9. The first kappa shape index (κ1) is 23.0. The molecule has 5 aliphatic heterocycles. The number of ether oxygens (including phenoxy) is 4. The van der Waals surface area contributed by atoms with Gasteiger partial charge in [-0.2, -0.15) is 0 Å². The SMILES string of the molecule is C/C=C1\CN2C3C[C@@H]1[C@@H]1[C@@H](OC(=O)c4cc(OC)c(OC)c(OC)c4)C4(C[C@@H]12)c1ccccc1N(C)[C@@H]34. The van der Waals surface area contributed by atoms with Gasteiger partial charge in [0.1, 0.15) is 6.10 Å². The van der Waals surface area contributed by atoms with Gasteiger partial charge in [-0.25, -0.2) is 4.79 Å². The highest BCUT2D eigenvalue weighted by Gasteiger charge is 2.75. The predicted octanol–water partition coefficient (Wildman–Crippen LogP) is 4.05. The van der Waals surface area contributed by atoms with Crippen LogP contribution in [0.4, 0.5) is 5.69 Å². The van der Waals surface area contributed by atoms with Crippen LogP contribution in [0.5, 0.6) is 17.2 Å². The maximum Gasteiger partial charge on any atom is 0.338 e. The lowest BCUT2D eigenvalue weighted by Gasteiger charge is -2.58. The molecule has 1 saturated carbocycles. The summed E-state index contributed by atoms with van der Waals surface area (Å²) in [7, 11) is 6.91. The van der Waals surface area contributed by atoms with Crippen LogP contribution in [0.2, 0.25) is 0 Å². The van der Waals surface area contributed by atoms with E-state index in [1.165, 1.54) is 16.8 Å². The van der Waals surface area contributed by atoms with Gasteiger partial charge in [0.2, 0.25) is 5.75 Å². The smallest absolute Gasteiger partial charge is 0.338 e. The first-order valence-corrected chi connectivity index (χ1v) is 13.2. The maximum absolute atomic E-state index is 13.9. The van der Waals surface area contributed by atoms with Crippen LogP contribution in [0.3, 0.4) is 0 Å². The maximum atomic E-state index is 13.9. The molecule has 3 unspecified atom stereocenters. The average molecular weight is 503 g/mol. The van der Waals surface area contributed by atoms with Gasteiger partial charge in [-0.05, 0) is 49.4 Å². The minimum atomic E-state index is -0.340. The van der Waals surface area contributed by atoms with Crippen LogP contribution < -0.4 is 19.1 Å². The molecular weight excluding hydrogens is 468 g/mol. The van der Waals surface area contributed by atoms with Crippen molar-refractivity contribution in [2.75, 3.05) is 39.8 Å². The predicted molar refractivity (Wildman–Crippen MR) is 140 cm³/mol. The number of anilines is 1. The Morgan fingerprint density at radius 3 is 2.46 bits per heavy atom. The molecule has 0 aromatic heterocycles. The number of allylic oxidation sites excluding steroid dienone is 1. The molecule has 194 valence electrons. The van der Waals surface area contributed by atoms with Gasteiger partial charge in [-0.3, -0.25) is 4.90 Å². The number of piperidine rings is 4.